The number of nitrogens with zero attached hydrogens (tertiary/aromatic N) is 4. The normalized spacial score (nSPS) is 17.3. The van der Waals surface area contributed by atoms with Gasteiger partial charge in [-0.05, 0) is 189 Å². The average Bonchev–Trinajstić information content (AvgIpc) is 1.13. The van der Waals surface area contributed by atoms with E-state index in [1.165, 1.54) is 34.7 Å². The SMILES string of the molecule is CCC(=O)C1(NC(=O)C(=O)c2c(C)c(C(=O)Nc3ccc(C)c(Cl)c3)n3c2CCC3)CC(F)(F)C1.CCC(=O)C1(NC(=O)C(=O)c2c(C)c(C(=O)Nc3ccc(C)cc3)n3c2CCC3)CC(F)(F)C1.CNC(=O)C1(NC(=O)C(=O)c2c(C)c(C(=O)Nc3cc(F)c(C)c(F)c3)n3c2CCC3)CC(F)(F)C1.Cc1ccc(NC(=O)c2c(C)c(C(=O)C(=O)NC3(C(N)=O)CC(F)(F)C3)c3n2CCC3)cc1Cl. The molecule has 0 bridgehead atoms. The van der Waals surface area contributed by atoms with Crippen molar-refractivity contribution in [2.75, 3.05) is 28.3 Å². The highest BCUT2D eigenvalue weighted by Gasteiger charge is 2.65. The van der Waals surface area contributed by atoms with E-state index >= 15 is 0 Å². The largest absolute Gasteiger partial charge is 0.368 e. The molecule has 139 heavy (non-hydrogen) atoms. The molecule has 738 valence electrons. The molecular formula is C97H100Cl2F10N14O16. The van der Waals surface area contributed by atoms with Gasteiger partial charge in [0.2, 0.25) is 11.8 Å². The molecule has 0 spiro atoms. The van der Waals surface area contributed by atoms with Crippen LogP contribution < -0.4 is 53.6 Å². The summed E-state index contributed by atoms with van der Waals surface area (Å²) in [6, 6.07) is 19.4. The summed E-state index contributed by atoms with van der Waals surface area (Å²) in [5.74, 6) is -27.9. The summed E-state index contributed by atoms with van der Waals surface area (Å²) < 4.78 is 143. The summed E-state index contributed by atoms with van der Waals surface area (Å²) in [4.78, 5) is 205. The average molecular weight is 1980 g/mol. The first kappa shape index (κ1) is 103. The van der Waals surface area contributed by atoms with E-state index in [9.17, 15) is 121 Å². The molecule has 0 atom stereocenters. The maximum absolute atomic E-state index is 13.9. The number of fused-ring (bicyclic) bond motifs is 4. The Bertz CT molecular complexity index is 6530. The van der Waals surface area contributed by atoms with Crippen LogP contribution in [0.4, 0.5) is 66.7 Å². The second kappa shape index (κ2) is 38.8. The van der Waals surface area contributed by atoms with Gasteiger partial charge in [-0.25, -0.2) is 43.9 Å². The lowest BCUT2D eigenvalue weighted by Gasteiger charge is -2.46. The zero-order valence-electron chi connectivity index (χ0n) is 77.4. The molecule has 4 aromatic carbocycles. The predicted molar refractivity (Wildman–Crippen MR) is 488 cm³/mol. The Hall–Kier alpha value is -13.4. The number of Topliss-reactive ketones (excluding diaryl/α,β-unsaturated/α-hetero) is 6. The topological polar surface area (TPSA) is 427 Å². The van der Waals surface area contributed by atoms with Gasteiger partial charge in [0.25, 0.3) is 94.1 Å². The van der Waals surface area contributed by atoms with Gasteiger partial charge in [-0.1, -0.05) is 66.9 Å². The Labute approximate surface area is 798 Å². The van der Waals surface area contributed by atoms with Gasteiger partial charge in [0.05, 0.1) is 22.3 Å². The van der Waals surface area contributed by atoms with Gasteiger partial charge in [0.1, 0.15) is 56.6 Å². The zero-order chi connectivity index (χ0) is 102. The van der Waals surface area contributed by atoms with Crippen LogP contribution in [0.15, 0.2) is 72.8 Å². The van der Waals surface area contributed by atoms with Crippen molar-refractivity contribution in [3.63, 3.8) is 0 Å². The maximum Gasteiger partial charge on any atom is 0.293 e. The van der Waals surface area contributed by atoms with E-state index in [1.807, 2.05) is 32.9 Å². The lowest BCUT2D eigenvalue weighted by atomic mass is 9.69. The molecule has 4 aliphatic heterocycles. The molecule has 0 saturated heterocycles. The first-order chi connectivity index (χ1) is 65.0. The Kier molecular flexibility index (Phi) is 28.7. The van der Waals surface area contributed by atoms with E-state index in [1.54, 1.807) is 87.6 Å². The summed E-state index contributed by atoms with van der Waals surface area (Å²) in [5.41, 5.74) is 5.95. The van der Waals surface area contributed by atoms with Gasteiger partial charge in [-0.15, -0.1) is 0 Å². The van der Waals surface area contributed by atoms with Crippen LogP contribution in [0.5, 0.6) is 0 Å². The fourth-order valence-electron chi connectivity index (χ4n) is 19.8. The van der Waals surface area contributed by atoms with Crippen molar-refractivity contribution in [2.24, 2.45) is 5.73 Å². The third kappa shape index (κ3) is 20.2. The minimum atomic E-state index is -3.16. The molecule has 4 aliphatic carbocycles. The number of rotatable bonds is 26. The number of nitrogens with one attached hydrogen (secondary N) is 9. The van der Waals surface area contributed by atoms with Crippen LogP contribution in [0.25, 0.3) is 0 Å². The number of likely N-dealkylation sites (N-methyl/N-ethyl adjacent to an activating group) is 1. The Morgan fingerprint density at radius 3 is 0.885 bits per heavy atom. The smallest absolute Gasteiger partial charge is 0.293 e. The van der Waals surface area contributed by atoms with Crippen molar-refractivity contribution in [1.82, 2.24) is 44.9 Å². The highest BCUT2D eigenvalue weighted by molar-refractivity contribution is 6.46. The molecule has 10 amide bonds. The monoisotopic (exact) mass is 1980 g/mol. The van der Waals surface area contributed by atoms with Gasteiger partial charge in [-0.2, -0.15) is 0 Å². The fourth-order valence-corrected chi connectivity index (χ4v) is 20.2. The predicted octanol–water partition coefficient (Wildman–Crippen LogP) is 13.9. The number of anilines is 4. The van der Waals surface area contributed by atoms with Crippen molar-refractivity contribution in [3.8, 4) is 0 Å². The molecule has 4 aromatic heterocycles. The number of primary amides is 1. The van der Waals surface area contributed by atoms with Gasteiger partial charge < -0.3 is 71.9 Å². The number of aromatic nitrogens is 4. The number of hydrogen-bond donors (Lipinski definition) is 10. The third-order valence-electron chi connectivity index (χ3n) is 26.7. The van der Waals surface area contributed by atoms with Crippen LogP contribution in [0.2, 0.25) is 10.0 Å². The van der Waals surface area contributed by atoms with Crippen molar-refractivity contribution in [2.45, 2.75) is 257 Å². The van der Waals surface area contributed by atoms with Crippen molar-refractivity contribution in [3.05, 3.63) is 207 Å². The van der Waals surface area contributed by atoms with Gasteiger partial charge >= 0.3 is 0 Å². The summed E-state index contributed by atoms with van der Waals surface area (Å²) in [6.45, 7) is 17.9. The molecule has 8 heterocycles. The van der Waals surface area contributed by atoms with E-state index < -0.39 is 203 Å². The van der Waals surface area contributed by atoms with E-state index in [-0.39, 0.29) is 74.6 Å². The second-order valence-corrected chi connectivity index (χ2v) is 37.5. The Balaban J connectivity index is 0.000000156. The third-order valence-corrected chi connectivity index (χ3v) is 27.5. The van der Waals surface area contributed by atoms with E-state index in [2.05, 4.69) is 47.9 Å². The van der Waals surface area contributed by atoms with E-state index in [0.717, 1.165) is 28.8 Å². The molecule has 0 radical (unpaired) electrons. The molecule has 16 rings (SSSR count). The van der Waals surface area contributed by atoms with Gasteiger partial charge in [0, 0.05) is 159 Å². The number of benzene rings is 4. The summed E-state index contributed by atoms with van der Waals surface area (Å²) in [7, 11) is 1.23. The van der Waals surface area contributed by atoms with Crippen LogP contribution in [0, 0.1) is 67.0 Å². The Morgan fingerprint density at radius 2 is 0.612 bits per heavy atom. The van der Waals surface area contributed by atoms with Crippen molar-refractivity contribution >= 4 is 140 Å². The van der Waals surface area contributed by atoms with Gasteiger partial charge in [-0.3, -0.25) is 76.7 Å². The van der Waals surface area contributed by atoms with Crippen molar-refractivity contribution in [1.29, 1.82) is 0 Å². The number of carbonyl (C=O) groups is 16. The molecular weight excluding hydrogens is 1880 g/mol. The number of aryl methyl sites for hydroxylation is 3. The fraction of sp³-hybridized carbons (Fsp3) is 0.423. The highest BCUT2D eigenvalue weighted by atomic mass is 35.5. The maximum atomic E-state index is 13.9. The van der Waals surface area contributed by atoms with E-state index in [4.69, 9.17) is 28.9 Å². The van der Waals surface area contributed by atoms with Crippen molar-refractivity contribution < 1.29 is 121 Å². The standard InChI is InChI=1S/C25H26ClF2N3O4.C25H27F2N3O4.C24H24F4N4O4.C23H23ClF2N4O4/c1-4-18(32)24(11-25(27,28)12-24)30-23(35)21(33)19-14(3)20(31-9-5-6-17(19)31)22(34)29-15-8-7-13(2)16(26)10-15;1-4-18(31)24(12-25(26,27)13-24)29-23(34)21(32)19-15(3)20(30-11-5-6-17(19)30)22(33)28-16-9-7-14(2)8-10-16;1-11-14(25)7-13(8-15(11)26)30-20(34)18-12(2)17(16-5-4-6-32(16)18)19(33)21(35)31-23(22(36)29-3)9-24(27,28)10-23;1-11-5-6-13(8-14(11)24)28-19(32)17-12(2)16(15-4-3-7-30(15)17)18(31)20(33)29-22(21(27)34)9-23(25,26)10-22/h7-8,10H,4-6,9,11-12H2,1-3H3,(H,29,34)(H,30,35);7-10H,4-6,11-13H2,1-3H3,(H,28,33)(H,29,34);7-8H,4-6,9-10H2,1-3H3,(H,29,36)(H,30,34)(H,31,35);5-6,8H,3-4,7,9-10H2,1-2H3,(H2,27,34)(H,28,32)(H,29,33). The number of nitrogens with two attached hydrogens (primary N) is 1. The molecule has 4 saturated carbocycles. The highest BCUT2D eigenvalue weighted by Crippen LogP contribution is 2.51. The first-order valence-corrected chi connectivity index (χ1v) is 45.5. The zero-order valence-corrected chi connectivity index (χ0v) is 78.9. The minimum Gasteiger partial charge on any atom is -0.368 e. The second-order valence-electron chi connectivity index (χ2n) is 36.7. The van der Waals surface area contributed by atoms with Gasteiger partial charge in [0.15, 0.2) is 11.6 Å². The lowest BCUT2D eigenvalue weighted by molar-refractivity contribution is -0.164. The molecule has 8 aliphatic rings. The minimum absolute atomic E-state index is 0.0332. The quantitative estimate of drug-likeness (QED) is 0.0137. The van der Waals surface area contributed by atoms with Crippen LogP contribution in [-0.4, -0.2) is 165 Å². The summed E-state index contributed by atoms with van der Waals surface area (Å²) in [6.07, 6.45) is -2.76. The summed E-state index contributed by atoms with van der Waals surface area (Å²) >= 11 is 12.3. The number of alkyl halides is 8. The molecule has 0 unspecified atom stereocenters. The Morgan fingerprint density at radius 1 is 0.353 bits per heavy atom. The number of ketones is 6. The molecule has 4 fully saturated rings. The molecule has 11 N–H and O–H groups in total. The molecule has 8 aromatic rings. The van der Waals surface area contributed by atoms with Crippen LogP contribution in [-0.2, 0) is 90.2 Å². The number of hydrogen-bond acceptors (Lipinski definition) is 16. The number of halogens is 12. The summed E-state index contributed by atoms with van der Waals surface area (Å²) in [5, 5.41) is 22.9. The first-order valence-electron chi connectivity index (χ1n) is 44.8. The molecule has 30 nitrogen and oxygen atoms in total. The van der Waals surface area contributed by atoms with E-state index in [0.29, 0.717) is 144 Å². The number of carbonyl (C=O) groups excluding carboxylic acids is 16. The van der Waals surface area contributed by atoms with Crippen LogP contribution >= 0.6 is 23.2 Å². The molecule has 42 heteroatoms. The lowest BCUT2D eigenvalue weighted by Crippen LogP contribution is -2.69. The van der Waals surface area contributed by atoms with Crippen LogP contribution in [0.3, 0.4) is 0 Å². The van der Waals surface area contributed by atoms with Crippen LogP contribution in [0.1, 0.15) is 254 Å². The number of amides is 10.